The molecule has 0 aliphatic carbocycles. The van der Waals surface area contributed by atoms with Crippen LogP contribution in [0.4, 0.5) is 5.69 Å². The molecule has 1 heterocycles. The summed E-state index contributed by atoms with van der Waals surface area (Å²) in [6.45, 7) is 4.90. The van der Waals surface area contributed by atoms with Crippen molar-refractivity contribution in [1.82, 2.24) is 9.55 Å². The van der Waals surface area contributed by atoms with Crippen LogP contribution in [-0.2, 0) is 16.1 Å². The molecule has 33 heavy (non-hydrogen) atoms. The van der Waals surface area contributed by atoms with Gasteiger partial charge in [-0.05, 0) is 43.2 Å². The second-order valence-electron chi connectivity index (χ2n) is 7.31. The summed E-state index contributed by atoms with van der Waals surface area (Å²) in [5.74, 6) is -0.387. The standard InChI is InChI=1S/C26H25N3O4/c1-3-32-25(31)21-9-7-11-23-24(21)29(26(28-23)33-4-2)16-18-12-14-19(15-13-18)20-8-5-6-10-22(20)27-17-30/h5-15,17H,3-4,16H2,1-2H3,(H,27,30). The molecule has 3 aromatic carbocycles. The third kappa shape index (κ3) is 4.57. The quantitative estimate of drug-likeness (QED) is 0.294. The number of esters is 1. The highest BCUT2D eigenvalue weighted by Gasteiger charge is 2.20. The van der Waals surface area contributed by atoms with E-state index in [-0.39, 0.29) is 5.97 Å². The minimum absolute atomic E-state index is 0.295. The Morgan fingerprint density at radius 3 is 2.52 bits per heavy atom. The van der Waals surface area contributed by atoms with Gasteiger partial charge in [0.1, 0.15) is 0 Å². The molecule has 0 fully saturated rings. The zero-order valence-electron chi connectivity index (χ0n) is 18.6. The molecule has 168 valence electrons. The molecular formula is C26H25N3O4. The minimum Gasteiger partial charge on any atom is -0.465 e. The summed E-state index contributed by atoms with van der Waals surface area (Å²) in [7, 11) is 0. The fraction of sp³-hybridized carbons (Fsp3) is 0.192. The van der Waals surface area contributed by atoms with Gasteiger partial charge in [0.25, 0.3) is 6.01 Å². The number of carbonyl (C=O) groups is 2. The van der Waals surface area contributed by atoms with Crippen LogP contribution in [0.2, 0.25) is 0 Å². The van der Waals surface area contributed by atoms with Gasteiger partial charge in [0.2, 0.25) is 6.41 Å². The lowest BCUT2D eigenvalue weighted by Gasteiger charge is -2.13. The Kier molecular flexibility index (Phi) is 6.69. The summed E-state index contributed by atoms with van der Waals surface area (Å²) >= 11 is 0. The van der Waals surface area contributed by atoms with E-state index < -0.39 is 0 Å². The number of amides is 1. The van der Waals surface area contributed by atoms with Crippen molar-refractivity contribution in [2.24, 2.45) is 0 Å². The second kappa shape index (κ2) is 9.99. The molecule has 0 saturated carbocycles. The molecule has 0 aliphatic heterocycles. The molecule has 1 amide bonds. The van der Waals surface area contributed by atoms with Crippen molar-refractivity contribution >= 4 is 29.1 Å². The molecule has 4 aromatic rings. The third-order valence-electron chi connectivity index (χ3n) is 5.25. The summed E-state index contributed by atoms with van der Waals surface area (Å²) < 4.78 is 12.9. The molecule has 0 unspecified atom stereocenters. The smallest absolute Gasteiger partial charge is 0.340 e. The van der Waals surface area contributed by atoms with Crippen LogP contribution in [0, 0.1) is 0 Å². The average Bonchev–Trinajstić information content (AvgIpc) is 3.18. The lowest BCUT2D eigenvalue weighted by Crippen LogP contribution is -2.10. The van der Waals surface area contributed by atoms with Gasteiger partial charge >= 0.3 is 5.97 Å². The largest absolute Gasteiger partial charge is 0.465 e. The molecule has 1 N–H and O–H groups in total. The van der Waals surface area contributed by atoms with Gasteiger partial charge in [-0.2, -0.15) is 4.98 Å². The van der Waals surface area contributed by atoms with Crippen molar-refractivity contribution < 1.29 is 19.1 Å². The van der Waals surface area contributed by atoms with Crippen molar-refractivity contribution in [1.29, 1.82) is 0 Å². The number of anilines is 1. The number of nitrogens with one attached hydrogen (secondary N) is 1. The predicted molar refractivity (Wildman–Crippen MR) is 128 cm³/mol. The molecule has 1 aromatic heterocycles. The molecular weight excluding hydrogens is 418 g/mol. The van der Waals surface area contributed by atoms with E-state index in [1.165, 1.54) is 0 Å². The SMILES string of the molecule is CCOC(=O)c1cccc2nc(OCC)n(Cc3ccc(-c4ccccc4NC=O)cc3)c12. The van der Waals surface area contributed by atoms with Crippen LogP contribution in [-0.4, -0.2) is 35.1 Å². The number of ether oxygens (including phenoxy) is 2. The van der Waals surface area contributed by atoms with Crippen molar-refractivity contribution in [3.8, 4) is 17.1 Å². The Bertz CT molecular complexity index is 1280. The van der Waals surface area contributed by atoms with Gasteiger partial charge in [-0.1, -0.05) is 48.5 Å². The highest BCUT2D eigenvalue weighted by Crippen LogP contribution is 2.30. The third-order valence-corrected chi connectivity index (χ3v) is 5.25. The van der Waals surface area contributed by atoms with Gasteiger partial charge in [-0.15, -0.1) is 0 Å². The van der Waals surface area contributed by atoms with Gasteiger partial charge in [0.15, 0.2) is 0 Å². The monoisotopic (exact) mass is 443 g/mol. The molecule has 4 rings (SSSR count). The van der Waals surface area contributed by atoms with E-state index >= 15 is 0 Å². The summed E-state index contributed by atoms with van der Waals surface area (Å²) in [4.78, 5) is 28.1. The van der Waals surface area contributed by atoms with Gasteiger partial charge in [-0.25, -0.2) is 4.79 Å². The number of rotatable bonds is 9. The number of benzene rings is 3. The van der Waals surface area contributed by atoms with Gasteiger partial charge < -0.3 is 14.8 Å². The Morgan fingerprint density at radius 2 is 1.79 bits per heavy atom. The van der Waals surface area contributed by atoms with Crippen LogP contribution in [0.5, 0.6) is 6.01 Å². The minimum atomic E-state index is -0.387. The maximum absolute atomic E-state index is 12.6. The van der Waals surface area contributed by atoms with Crippen LogP contribution in [0.15, 0.2) is 66.7 Å². The number of nitrogens with zero attached hydrogens (tertiary/aromatic N) is 2. The highest BCUT2D eigenvalue weighted by molar-refractivity contribution is 6.02. The zero-order valence-corrected chi connectivity index (χ0v) is 18.6. The van der Waals surface area contributed by atoms with E-state index in [1.807, 2.05) is 66.1 Å². The van der Waals surface area contributed by atoms with Gasteiger partial charge in [0, 0.05) is 11.3 Å². The van der Waals surface area contributed by atoms with Crippen LogP contribution >= 0.6 is 0 Å². The van der Waals surface area contributed by atoms with E-state index in [0.29, 0.717) is 48.8 Å². The highest BCUT2D eigenvalue weighted by atomic mass is 16.5. The molecule has 0 bridgehead atoms. The topological polar surface area (TPSA) is 82.4 Å². The van der Waals surface area contributed by atoms with Crippen LogP contribution in [0.25, 0.3) is 22.2 Å². The van der Waals surface area contributed by atoms with E-state index in [0.717, 1.165) is 22.4 Å². The average molecular weight is 444 g/mol. The van der Waals surface area contributed by atoms with Gasteiger partial charge in [0.05, 0.1) is 36.4 Å². The number of para-hydroxylation sites is 2. The molecule has 0 atom stereocenters. The van der Waals surface area contributed by atoms with Crippen LogP contribution in [0.1, 0.15) is 29.8 Å². The first-order valence-corrected chi connectivity index (χ1v) is 10.8. The molecule has 7 heteroatoms. The number of fused-ring (bicyclic) bond motifs is 1. The molecule has 0 spiro atoms. The molecule has 0 aliphatic rings. The molecule has 0 radical (unpaired) electrons. The summed E-state index contributed by atoms with van der Waals surface area (Å²) in [6.07, 6.45) is 0.674. The zero-order chi connectivity index (χ0) is 23.2. The second-order valence-corrected chi connectivity index (χ2v) is 7.31. The molecule has 0 saturated heterocycles. The lowest BCUT2D eigenvalue weighted by atomic mass is 10.0. The normalized spacial score (nSPS) is 10.7. The number of hydrogen-bond acceptors (Lipinski definition) is 5. The number of hydrogen-bond donors (Lipinski definition) is 1. The molecule has 7 nitrogen and oxygen atoms in total. The van der Waals surface area contributed by atoms with Crippen LogP contribution < -0.4 is 10.1 Å². The summed E-state index contributed by atoms with van der Waals surface area (Å²) in [5, 5.41) is 2.74. The number of imidazole rings is 1. The Hall–Kier alpha value is -4.13. The number of aromatic nitrogens is 2. The Labute approximate surface area is 192 Å². The predicted octanol–water partition coefficient (Wildman–Crippen LogP) is 4.90. The summed E-state index contributed by atoms with van der Waals surface area (Å²) in [6, 6.07) is 21.5. The van der Waals surface area contributed by atoms with E-state index in [4.69, 9.17) is 9.47 Å². The Balaban J connectivity index is 1.72. The van der Waals surface area contributed by atoms with Crippen LogP contribution in [0.3, 0.4) is 0 Å². The first-order chi connectivity index (χ1) is 16.2. The van der Waals surface area contributed by atoms with Crippen molar-refractivity contribution in [3.63, 3.8) is 0 Å². The lowest BCUT2D eigenvalue weighted by molar-refractivity contribution is -0.105. The summed E-state index contributed by atoms with van der Waals surface area (Å²) in [5.41, 5.74) is 5.49. The van der Waals surface area contributed by atoms with E-state index in [2.05, 4.69) is 10.3 Å². The first kappa shape index (κ1) is 22.1. The van der Waals surface area contributed by atoms with E-state index in [9.17, 15) is 9.59 Å². The maximum Gasteiger partial charge on any atom is 0.340 e. The van der Waals surface area contributed by atoms with Crippen molar-refractivity contribution in [2.75, 3.05) is 18.5 Å². The van der Waals surface area contributed by atoms with E-state index in [1.54, 1.807) is 19.1 Å². The maximum atomic E-state index is 12.6. The Morgan fingerprint density at radius 1 is 1.00 bits per heavy atom. The first-order valence-electron chi connectivity index (χ1n) is 10.8. The van der Waals surface area contributed by atoms with Gasteiger partial charge in [-0.3, -0.25) is 9.36 Å². The fourth-order valence-corrected chi connectivity index (χ4v) is 3.82. The fourth-order valence-electron chi connectivity index (χ4n) is 3.82. The van der Waals surface area contributed by atoms with Crippen molar-refractivity contribution in [2.45, 2.75) is 20.4 Å². The number of carbonyl (C=O) groups excluding carboxylic acids is 2. The van der Waals surface area contributed by atoms with Crippen molar-refractivity contribution in [3.05, 3.63) is 77.9 Å².